The van der Waals surface area contributed by atoms with Crippen molar-refractivity contribution >= 4 is 33.2 Å². The number of hydrogen-bond donors (Lipinski definition) is 0. The van der Waals surface area contributed by atoms with Crippen molar-refractivity contribution in [2.45, 2.75) is 13.3 Å². The van der Waals surface area contributed by atoms with E-state index < -0.39 is 4.92 Å². The van der Waals surface area contributed by atoms with E-state index in [1.165, 1.54) is 12.1 Å². The average molecular weight is 295 g/mol. The average Bonchev–Trinajstić information content (AvgIpc) is 2.19. The van der Waals surface area contributed by atoms with Crippen molar-refractivity contribution in [3.63, 3.8) is 0 Å². The summed E-state index contributed by atoms with van der Waals surface area (Å²) in [5.41, 5.74) is -0.114. The first-order valence-corrected chi connectivity index (χ1v) is 5.49. The molecule has 1 aromatic carbocycles. The summed E-state index contributed by atoms with van der Waals surface area (Å²) < 4.78 is 5.84. The highest BCUT2D eigenvalue weighted by atomic mass is 79.9. The molecule has 0 aliphatic rings. The van der Waals surface area contributed by atoms with E-state index in [0.29, 0.717) is 16.1 Å². The third kappa shape index (κ3) is 3.07. The fraction of sp³-hybridized carbons (Fsp3) is 0.333. The van der Waals surface area contributed by atoms with E-state index >= 15 is 0 Å². The minimum atomic E-state index is -0.511. The van der Waals surface area contributed by atoms with Gasteiger partial charge in [0.15, 0.2) is 5.75 Å². The van der Waals surface area contributed by atoms with E-state index in [0.717, 1.165) is 6.42 Å². The fourth-order valence-electron chi connectivity index (χ4n) is 0.988. The van der Waals surface area contributed by atoms with Gasteiger partial charge in [0.05, 0.1) is 16.6 Å². The Morgan fingerprint density at radius 3 is 2.80 bits per heavy atom. The molecule has 0 saturated heterocycles. The molecular formula is C9H9BrClNO3. The lowest BCUT2D eigenvalue weighted by Crippen LogP contribution is -1.99. The highest BCUT2D eigenvalue weighted by Gasteiger charge is 2.17. The molecule has 1 aromatic rings. The summed E-state index contributed by atoms with van der Waals surface area (Å²) in [5.74, 6) is 0.234. The predicted molar refractivity (Wildman–Crippen MR) is 61.6 cm³/mol. The van der Waals surface area contributed by atoms with Crippen molar-refractivity contribution in [1.29, 1.82) is 0 Å². The molecular weight excluding hydrogens is 285 g/mol. The number of benzene rings is 1. The Balaban J connectivity index is 3.10. The second-order valence-electron chi connectivity index (χ2n) is 2.84. The standard InChI is InChI=1S/C9H9BrClNO3/c1-2-3-15-9-4-6(10)7(11)5-8(9)12(13)14/h4-5H,2-3H2,1H3. The Morgan fingerprint density at radius 2 is 2.27 bits per heavy atom. The summed E-state index contributed by atoms with van der Waals surface area (Å²) in [4.78, 5) is 10.2. The zero-order chi connectivity index (χ0) is 11.4. The number of nitro groups is 1. The minimum absolute atomic E-state index is 0.114. The lowest BCUT2D eigenvalue weighted by Gasteiger charge is -2.06. The lowest BCUT2D eigenvalue weighted by molar-refractivity contribution is -0.385. The first kappa shape index (κ1) is 12.3. The van der Waals surface area contributed by atoms with Crippen LogP contribution in [0.1, 0.15) is 13.3 Å². The Bertz CT molecular complexity index is 384. The van der Waals surface area contributed by atoms with Crippen molar-refractivity contribution in [2.75, 3.05) is 6.61 Å². The quantitative estimate of drug-likeness (QED) is 0.627. The zero-order valence-corrected chi connectivity index (χ0v) is 10.3. The third-order valence-corrected chi connectivity index (χ3v) is 2.86. The highest BCUT2D eigenvalue weighted by molar-refractivity contribution is 9.10. The van der Waals surface area contributed by atoms with Gasteiger partial charge in [0.2, 0.25) is 0 Å². The van der Waals surface area contributed by atoms with Gasteiger partial charge in [-0.2, -0.15) is 0 Å². The van der Waals surface area contributed by atoms with Gasteiger partial charge in [-0.3, -0.25) is 10.1 Å². The number of ether oxygens (including phenoxy) is 1. The number of hydrogen-bond acceptors (Lipinski definition) is 3. The molecule has 4 nitrogen and oxygen atoms in total. The molecule has 0 saturated carbocycles. The normalized spacial score (nSPS) is 10.1. The number of rotatable bonds is 4. The first-order valence-electron chi connectivity index (χ1n) is 4.32. The van der Waals surface area contributed by atoms with E-state index in [1.54, 1.807) is 0 Å². The predicted octanol–water partition coefficient (Wildman–Crippen LogP) is 3.80. The second kappa shape index (κ2) is 5.32. The van der Waals surface area contributed by atoms with E-state index in [9.17, 15) is 10.1 Å². The fourth-order valence-corrected chi connectivity index (χ4v) is 1.47. The molecule has 0 bridgehead atoms. The molecule has 0 amide bonds. The van der Waals surface area contributed by atoms with Gasteiger partial charge in [-0.15, -0.1) is 0 Å². The van der Waals surface area contributed by atoms with Gasteiger partial charge >= 0.3 is 5.69 Å². The second-order valence-corrected chi connectivity index (χ2v) is 4.10. The summed E-state index contributed by atoms with van der Waals surface area (Å²) >= 11 is 8.94. The first-order chi connectivity index (χ1) is 7.06. The molecule has 0 aromatic heterocycles. The van der Waals surface area contributed by atoms with Crippen LogP contribution < -0.4 is 4.74 Å². The molecule has 0 N–H and O–H groups in total. The molecule has 0 unspecified atom stereocenters. The van der Waals surface area contributed by atoms with Gasteiger partial charge in [0.1, 0.15) is 0 Å². The lowest BCUT2D eigenvalue weighted by atomic mass is 10.3. The van der Waals surface area contributed by atoms with Crippen molar-refractivity contribution in [3.05, 3.63) is 31.7 Å². The van der Waals surface area contributed by atoms with E-state index in [4.69, 9.17) is 16.3 Å². The Kier molecular flexibility index (Phi) is 4.35. The maximum absolute atomic E-state index is 10.7. The van der Waals surface area contributed by atoms with Gasteiger partial charge in [-0.25, -0.2) is 0 Å². The summed E-state index contributed by atoms with van der Waals surface area (Å²) in [6.07, 6.45) is 0.789. The molecule has 15 heavy (non-hydrogen) atoms. The molecule has 0 fully saturated rings. The van der Waals surface area contributed by atoms with Gasteiger partial charge in [0, 0.05) is 16.6 Å². The van der Waals surface area contributed by atoms with Gasteiger partial charge in [-0.05, 0) is 22.4 Å². The van der Waals surface area contributed by atoms with Crippen molar-refractivity contribution in [3.8, 4) is 5.75 Å². The third-order valence-electron chi connectivity index (χ3n) is 1.66. The van der Waals surface area contributed by atoms with Crippen LogP contribution in [0.25, 0.3) is 0 Å². The topological polar surface area (TPSA) is 52.4 Å². The van der Waals surface area contributed by atoms with Crippen LogP contribution in [0, 0.1) is 10.1 Å². The monoisotopic (exact) mass is 293 g/mol. The van der Waals surface area contributed by atoms with E-state index in [-0.39, 0.29) is 11.4 Å². The van der Waals surface area contributed by atoms with E-state index in [1.807, 2.05) is 6.92 Å². The van der Waals surface area contributed by atoms with Crippen LogP contribution in [0.2, 0.25) is 5.02 Å². The SMILES string of the molecule is CCCOc1cc(Br)c(Cl)cc1[N+](=O)[O-]. The molecule has 1 rings (SSSR count). The minimum Gasteiger partial charge on any atom is -0.487 e. The van der Waals surface area contributed by atoms with Crippen molar-refractivity contribution in [1.82, 2.24) is 0 Å². The molecule has 82 valence electrons. The largest absolute Gasteiger partial charge is 0.487 e. The Labute approximate surface area is 100 Å². The van der Waals surface area contributed by atoms with Crippen LogP contribution in [-0.4, -0.2) is 11.5 Å². The Morgan fingerprint density at radius 1 is 1.60 bits per heavy atom. The summed E-state index contributed by atoms with van der Waals surface area (Å²) in [5, 5.41) is 11.0. The summed E-state index contributed by atoms with van der Waals surface area (Å²) in [6.45, 7) is 2.37. The highest BCUT2D eigenvalue weighted by Crippen LogP contribution is 2.35. The smallest absolute Gasteiger partial charge is 0.312 e. The zero-order valence-electron chi connectivity index (χ0n) is 8.00. The molecule has 0 heterocycles. The maximum atomic E-state index is 10.7. The van der Waals surface area contributed by atoms with Gasteiger partial charge < -0.3 is 4.74 Å². The maximum Gasteiger partial charge on any atom is 0.312 e. The number of nitro benzene ring substituents is 1. The van der Waals surface area contributed by atoms with Crippen molar-refractivity contribution in [2.24, 2.45) is 0 Å². The number of nitrogens with zero attached hydrogens (tertiary/aromatic N) is 1. The molecule has 6 heteroatoms. The molecule has 0 atom stereocenters. The summed E-state index contributed by atoms with van der Waals surface area (Å²) in [6, 6.07) is 2.78. The van der Waals surface area contributed by atoms with Crippen LogP contribution >= 0.6 is 27.5 Å². The molecule has 0 radical (unpaired) electrons. The van der Waals surface area contributed by atoms with Gasteiger partial charge in [0.25, 0.3) is 0 Å². The van der Waals surface area contributed by atoms with Crippen LogP contribution in [-0.2, 0) is 0 Å². The van der Waals surface area contributed by atoms with Crippen LogP contribution in [0.5, 0.6) is 5.75 Å². The molecule has 0 spiro atoms. The Hall–Kier alpha value is -0.810. The molecule has 0 aliphatic carbocycles. The van der Waals surface area contributed by atoms with Crippen LogP contribution in [0.15, 0.2) is 16.6 Å². The van der Waals surface area contributed by atoms with Gasteiger partial charge in [-0.1, -0.05) is 18.5 Å². The van der Waals surface area contributed by atoms with Crippen molar-refractivity contribution < 1.29 is 9.66 Å². The van der Waals surface area contributed by atoms with Crippen LogP contribution in [0.4, 0.5) is 5.69 Å². The van der Waals surface area contributed by atoms with E-state index in [2.05, 4.69) is 15.9 Å². The summed E-state index contributed by atoms with van der Waals surface area (Å²) in [7, 11) is 0. The molecule has 0 aliphatic heterocycles. The van der Waals surface area contributed by atoms with Crippen LogP contribution in [0.3, 0.4) is 0 Å². The number of halogens is 2.